The van der Waals surface area contributed by atoms with E-state index in [1.54, 1.807) is 12.1 Å². The van der Waals surface area contributed by atoms with Gasteiger partial charge in [-0.2, -0.15) is 0 Å². The first-order valence-corrected chi connectivity index (χ1v) is 6.95. The number of hydrogen-bond donors (Lipinski definition) is 2. The lowest BCUT2D eigenvalue weighted by molar-refractivity contribution is -0.122. The van der Waals surface area contributed by atoms with Gasteiger partial charge in [0.05, 0.1) is 5.56 Å². The topological polar surface area (TPSA) is 69.6 Å². The largest absolute Gasteiger partial charge is 0.478 e. The van der Waals surface area contributed by atoms with Crippen molar-refractivity contribution in [3.8, 4) is 0 Å². The van der Waals surface area contributed by atoms with Crippen molar-refractivity contribution in [2.45, 2.75) is 32.7 Å². The Labute approximate surface area is 118 Å². The second-order valence-corrected chi connectivity index (χ2v) is 5.06. The summed E-state index contributed by atoms with van der Waals surface area (Å²) in [5.41, 5.74) is 2.23. The molecular weight excluding hydrogens is 256 g/mol. The molecular formula is C15H20N2O3. The van der Waals surface area contributed by atoms with Crippen LogP contribution in [0.5, 0.6) is 0 Å². The maximum Gasteiger partial charge on any atom is 0.335 e. The van der Waals surface area contributed by atoms with Crippen LogP contribution in [0.2, 0.25) is 0 Å². The quantitative estimate of drug-likeness (QED) is 0.858. The number of carboxylic acid groups (broad SMARTS) is 1. The fraction of sp³-hybridized carbons (Fsp3) is 0.467. The summed E-state index contributed by atoms with van der Waals surface area (Å²) in [6, 6.07) is 4.84. The molecule has 1 unspecified atom stereocenters. The zero-order valence-corrected chi connectivity index (χ0v) is 11.8. The number of amides is 1. The molecule has 1 amide bonds. The molecule has 5 nitrogen and oxygen atoms in total. The predicted molar refractivity (Wildman–Crippen MR) is 77.2 cm³/mol. The van der Waals surface area contributed by atoms with Crippen molar-refractivity contribution in [1.82, 2.24) is 5.32 Å². The molecule has 20 heavy (non-hydrogen) atoms. The SMILES string of the molecule is CCCNC(=O)C(C)N1CCc2ccc(C(=O)O)cc21. The Bertz CT molecular complexity index is 528. The highest BCUT2D eigenvalue weighted by atomic mass is 16.4. The first kappa shape index (κ1) is 14.4. The summed E-state index contributed by atoms with van der Waals surface area (Å²) in [5.74, 6) is -0.955. The molecule has 1 aromatic rings. The maximum absolute atomic E-state index is 12.0. The normalized spacial score (nSPS) is 14.8. The van der Waals surface area contributed by atoms with Crippen LogP contribution in [0, 0.1) is 0 Å². The van der Waals surface area contributed by atoms with Crippen molar-refractivity contribution in [2.75, 3.05) is 18.0 Å². The standard InChI is InChI=1S/C15H20N2O3/c1-3-7-16-14(18)10(2)17-8-6-11-4-5-12(15(19)20)9-13(11)17/h4-5,9-10H,3,6-8H2,1-2H3,(H,16,18)(H,19,20). The third kappa shape index (κ3) is 2.76. The van der Waals surface area contributed by atoms with Crippen molar-refractivity contribution < 1.29 is 14.7 Å². The smallest absolute Gasteiger partial charge is 0.335 e. The number of benzene rings is 1. The number of anilines is 1. The van der Waals surface area contributed by atoms with E-state index >= 15 is 0 Å². The highest BCUT2D eigenvalue weighted by Crippen LogP contribution is 2.30. The van der Waals surface area contributed by atoms with Gasteiger partial charge in [-0.25, -0.2) is 4.79 Å². The molecule has 2 N–H and O–H groups in total. The summed E-state index contributed by atoms with van der Waals surface area (Å²) in [4.78, 5) is 25.1. The van der Waals surface area contributed by atoms with Gasteiger partial charge >= 0.3 is 5.97 Å². The minimum atomic E-state index is -0.942. The van der Waals surface area contributed by atoms with Gasteiger partial charge in [0.15, 0.2) is 0 Å². The van der Waals surface area contributed by atoms with E-state index < -0.39 is 5.97 Å². The van der Waals surface area contributed by atoms with E-state index in [1.807, 2.05) is 24.8 Å². The third-order valence-corrected chi connectivity index (χ3v) is 3.66. The van der Waals surface area contributed by atoms with Crippen LogP contribution in [0.1, 0.15) is 36.2 Å². The Balaban J connectivity index is 2.19. The molecule has 1 heterocycles. The van der Waals surface area contributed by atoms with E-state index in [4.69, 9.17) is 5.11 Å². The van der Waals surface area contributed by atoms with Crippen LogP contribution in [0.15, 0.2) is 18.2 Å². The Morgan fingerprint density at radius 2 is 2.20 bits per heavy atom. The number of rotatable bonds is 5. The van der Waals surface area contributed by atoms with Gasteiger partial charge in [-0.15, -0.1) is 0 Å². The predicted octanol–water partition coefficient (Wildman–Crippen LogP) is 1.66. The molecule has 2 rings (SSSR count). The molecule has 1 aliphatic rings. The van der Waals surface area contributed by atoms with Crippen molar-refractivity contribution in [3.63, 3.8) is 0 Å². The number of carbonyl (C=O) groups is 2. The molecule has 0 saturated carbocycles. The maximum atomic E-state index is 12.0. The monoisotopic (exact) mass is 276 g/mol. The van der Waals surface area contributed by atoms with Crippen LogP contribution < -0.4 is 10.2 Å². The molecule has 0 saturated heterocycles. The van der Waals surface area contributed by atoms with Crippen LogP contribution in [0.4, 0.5) is 5.69 Å². The van der Waals surface area contributed by atoms with Gasteiger partial charge in [-0.3, -0.25) is 4.79 Å². The lowest BCUT2D eigenvalue weighted by atomic mass is 10.1. The number of carboxylic acids is 1. The molecule has 0 aliphatic carbocycles. The van der Waals surface area contributed by atoms with E-state index in [0.717, 1.165) is 30.6 Å². The van der Waals surface area contributed by atoms with Gasteiger partial charge in [0.1, 0.15) is 6.04 Å². The Morgan fingerprint density at radius 3 is 2.85 bits per heavy atom. The van der Waals surface area contributed by atoms with Gasteiger partial charge in [0.2, 0.25) is 5.91 Å². The number of fused-ring (bicyclic) bond motifs is 1. The second kappa shape index (κ2) is 5.94. The van der Waals surface area contributed by atoms with Gasteiger partial charge in [-0.1, -0.05) is 13.0 Å². The zero-order chi connectivity index (χ0) is 14.7. The van der Waals surface area contributed by atoms with Gasteiger partial charge in [0.25, 0.3) is 0 Å². The number of aromatic carboxylic acids is 1. The summed E-state index contributed by atoms with van der Waals surface area (Å²) >= 11 is 0. The highest BCUT2D eigenvalue weighted by Gasteiger charge is 2.28. The fourth-order valence-electron chi connectivity index (χ4n) is 2.48. The van der Waals surface area contributed by atoms with Crippen LogP contribution in [0.3, 0.4) is 0 Å². The zero-order valence-electron chi connectivity index (χ0n) is 11.8. The molecule has 0 bridgehead atoms. The summed E-state index contributed by atoms with van der Waals surface area (Å²) in [6.45, 7) is 5.28. The summed E-state index contributed by atoms with van der Waals surface area (Å²) < 4.78 is 0. The Hall–Kier alpha value is -2.04. The van der Waals surface area contributed by atoms with Gasteiger partial charge < -0.3 is 15.3 Å². The van der Waals surface area contributed by atoms with Gasteiger partial charge in [-0.05, 0) is 37.5 Å². The molecule has 0 radical (unpaired) electrons. The van der Waals surface area contributed by atoms with Crippen LogP contribution >= 0.6 is 0 Å². The molecule has 0 spiro atoms. The van der Waals surface area contributed by atoms with Crippen molar-refractivity contribution in [2.24, 2.45) is 0 Å². The minimum Gasteiger partial charge on any atom is -0.478 e. The van der Waals surface area contributed by atoms with Crippen LogP contribution in [-0.4, -0.2) is 36.1 Å². The summed E-state index contributed by atoms with van der Waals surface area (Å²) in [5, 5.41) is 11.9. The Morgan fingerprint density at radius 1 is 1.45 bits per heavy atom. The minimum absolute atomic E-state index is 0.0135. The van der Waals surface area contributed by atoms with Crippen molar-refractivity contribution >= 4 is 17.6 Å². The van der Waals surface area contributed by atoms with Crippen LogP contribution in [-0.2, 0) is 11.2 Å². The molecule has 1 atom stereocenters. The molecule has 1 aliphatic heterocycles. The first-order valence-electron chi connectivity index (χ1n) is 6.95. The Kier molecular flexibility index (Phi) is 4.27. The molecule has 5 heteroatoms. The van der Waals surface area contributed by atoms with Gasteiger partial charge in [0, 0.05) is 18.8 Å². The number of carbonyl (C=O) groups excluding carboxylic acids is 1. The molecule has 0 fully saturated rings. The second-order valence-electron chi connectivity index (χ2n) is 5.06. The van der Waals surface area contributed by atoms with E-state index in [0.29, 0.717) is 6.54 Å². The first-order chi connectivity index (χ1) is 9.54. The van der Waals surface area contributed by atoms with E-state index in [1.165, 1.54) is 0 Å². The van der Waals surface area contributed by atoms with E-state index in [9.17, 15) is 9.59 Å². The fourth-order valence-corrected chi connectivity index (χ4v) is 2.48. The lowest BCUT2D eigenvalue weighted by Gasteiger charge is -2.26. The molecule has 1 aromatic carbocycles. The number of nitrogens with zero attached hydrogens (tertiary/aromatic N) is 1. The van der Waals surface area contributed by atoms with E-state index in [2.05, 4.69) is 5.32 Å². The van der Waals surface area contributed by atoms with E-state index in [-0.39, 0.29) is 17.5 Å². The number of nitrogens with one attached hydrogen (secondary N) is 1. The van der Waals surface area contributed by atoms with Crippen molar-refractivity contribution in [1.29, 1.82) is 0 Å². The summed E-state index contributed by atoms with van der Waals surface area (Å²) in [6.07, 6.45) is 1.75. The van der Waals surface area contributed by atoms with Crippen molar-refractivity contribution in [3.05, 3.63) is 29.3 Å². The number of hydrogen-bond acceptors (Lipinski definition) is 3. The molecule has 0 aromatic heterocycles. The lowest BCUT2D eigenvalue weighted by Crippen LogP contribution is -2.44. The molecule has 108 valence electrons. The average molecular weight is 276 g/mol. The highest BCUT2D eigenvalue weighted by molar-refractivity contribution is 5.91. The average Bonchev–Trinajstić information content (AvgIpc) is 2.86. The third-order valence-electron chi connectivity index (χ3n) is 3.66. The van der Waals surface area contributed by atoms with Crippen LogP contribution in [0.25, 0.3) is 0 Å². The summed E-state index contributed by atoms with van der Waals surface area (Å²) in [7, 11) is 0.